The van der Waals surface area contributed by atoms with Gasteiger partial charge < -0.3 is 13.9 Å². The molecule has 1 aromatic heterocycles. The second-order valence-corrected chi connectivity index (χ2v) is 4.75. The van der Waals surface area contributed by atoms with Crippen molar-refractivity contribution >= 4 is 12.1 Å². The third kappa shape index (κ3) is 4.12. The molecule has 0 atom stereocenters. The molecule has 0 aliphatic heterocycles. The quantitative estimate of drug-likeness (QED) is 0.658. The van der Waals surface area contributed by atoms with Crippen LogP contribution in [0.3, 0.4) is 0 Å². The zero-order valence-corrected chi connectivity index (χ0v) is 12.7. The summed E-state index contributed by atoms with van der Waals surface area (Å²) in [5, 5.41) is 3.83. The summed E-state index contributed by atoms with van der Waals surface area (Å²) in [4.78, 5) is 12.0. The van der Waals surface area contributed by atoms with Crippen molar-refractivity contribution in [3.8, 4) is 11.5 Å². The van der Waals surface area contributed by atoms with E-state index in [0.717, 1.165) is 0 Å². The summed E-state index contributed by atoms with van der Waals surface area (Å²) in [5.74, 6) is 1.29. The van der Waals surface area contributed by atoms with E-state index in [0.29, 0.717) is 22.8 Å². The Hall–Kier alpha value is -2.76. The minimum atomic E-state index is -0.350. The van der Waals surface area contributed by atoms with Gasteiger partial charge in [0, 0.05) is 5.56 Å². The molecule has 0 bridgehead atoms. The van der Waals surface area contributed by atoms with E-state index in [4.69, 9.17) is 13.9 Å². The molecule has 116 valence electrons. The van der Waals surface area contributed by atoms with E-state index in [9.17, 15) is 4.79 Å². The van der Waals surface area contributed by atoms with Crippen LogP contribution in [0.2, 0.25) is 0 Å². The Morgan fingerprint density at radius 1 is 1.32 bits per heavy atom. The molecule has 22 heavy (non-hydrogen) atoms. The lowest BCUT2D eigenvalue weighted by atomic mass is 10.2. The lowest BCUT2D eigenvalue weighted by molar-refractivity contribution is 0.0954. The average Bonchev–Trinajstić information content (AvgIpc) is 3.00. The van der Waals surface area contributed by atoms with Crippen LogP contribution in [0.1, 0.15) is 30.0 Å². The van der Waals surface area contributed by atoms with Gasteiger partial charge in [-0.1, -0.05) is 0 Å². The molecule has 0 aliphatic carbocycles. The SMILES string of the molecule is COc1cc(C(=O)N/N=C/c2ccco2)ccc1OC(C)C. The number of furan rings is 1. The molecule has 0 saturated heterocycles. The van der Waals surface area contributed by atoms with E-state index in [1.807, 2.05) is 13.8 Å². The van der Waals surface area contributed by atoms with E-state index >= 15 is 0 Å². The minimum Gasteiger partial charge on any atom is -0.493 e. The summed E-state index contributed by atoms with van der Waals surface area (Å²) in [7, 11) is 1.53. The third-order valence-electron chi connectivity index (χ3n) is 2.69. The van der Waals surface area contributed by atoms with Gasteiger partial charge in [-0.15, -0.1) is 0 Å². The first kappa shape index (κ1) is 15.6. The second kappa shape index (κ2) is 7.31. The Kier molecular flexibility index (Phi) is 5.19. The van der Waals surface area contributed by atoms with Gasteiger partial charge in [0.05, 0.1) is 25.7 Å². The molecule has 1 N–H and O–H groups in total. The first-order chi connectivity index (χ1) is 10.6. The Labute approximate surface area is 128 Å². The summed E-state index contributed by atoms with van der Waals surface area (Å²) >= 11 is 0. The smallest absolute Gasteiger partial charge is 0.271 e. The maximum Gasteiger partial charge on any atom is 0.271 e. The fraction of sp³-hybridized carbons (Fsp3) is 0.250. The number of nitrogens with one attached hydrogen (secondary N) is 1. The molecular weight excluding hydrogens is 284 g/mol. The summed E-state index contributed by atoms with van der Waals surface area (Å²) in [5.41, 5.74) is 2.84. The molecule has 6 heteroatoms. The lowest BCUT2D eigenvalue weighted by Crippen LogP contribution is -2.17. The number of nitrogens with zero attached hydrogens (tertiary/aromatic N) is 1. The number of benzene rings is 1. The first-order valence-electron chi connectivity index (χ1n) is 6.81. The van der Waals surface area contributed by atoms with Gasteiger partial charge in [-0.3, -0.25) is 4.79 Å². The lowest BCUT2D eigenvalue weighted by Gasteiger charge is -2.14. The predicted molar refractivity (Wildman–Crippen MR) is 82.5 cm³/mol. The van der Waals surface area contributed by atoms with Crippen molar-refractivity contribution in [1.82, 2.24) is 5.43 Å². The molecule has 0 spiro atoms. The van der Waals surface area contributed by atoms with Crippen LogP contribution < -0.4 is 14.9 Å². The highest BCUT2D eigenvalue weighted by molar-refractivity contribution is 5.95. The van der Waals surface area contributed by atoms with E-state index in [2.05, 4.69) is 10.5 Å². The van der Waals surface area contributed by atoms with Gasteiger partial charge in [0.1, 0.15) is 5.76 Å². The van der Waals surface area contributed by atoms with Crippen LogP contribution in [0.25, 0.3) is 0 Å². The minimum absolute atomic E-state index is 0.0199. The summed E-state index contributed by atoms with van der Waals surface area (Å²) in [6, 6.07) is 8.43. The summed E-state index contributed by atoms with van der Waals surface area (Å²) in [6.45, 7) is 3.84. The second-order valence-electron chi connectivity index (χ2n) is 4.75. The number of carbonyl (C=O) groups is 1. The van der Waals surface area contributed by atoms with Crippen LogP contribution >= 0.6 is 0 Å². The maximum atomic E-state index is 12.0. The van der Waals surface area contributed by atoms with Crippen LogP contribution in [-0.2, 0) is 0 Å². The van der Waals surface area contributed by atoms with Gasteiger partial charge in [0.2, 0.25) is 0 Å². The van der Waals surface area contributed by atoms with Crippen molar-refractivity contribution in [3.63, 3.8) is 0 Å². The number of amides is 1. The molecule has 2 rings (SSSR count). The van der Waals surface area contributed by atoms with Gasteiger partial charge in [-0.25, -0.2) is 5.43 Å². The van der Waals surface area contributed by atoms with Crippen LogP contribution in [0.4, 0.5) is 0 Å². The standard InChI is InChI=1S/C16H18N2O4/c1-11(2)22-14-7-6-12(9-15(14)20-3)16(19)18-17-10-13-5-4-8-21-13/h4-11H,1-3H3,(H,18,19)/b17-10+. The molecule has 2 aromatic rings. The van der Waals surface area contributed by atoms with E-state index < -0.39 is 0 Å². The monoisotopic (exact) mass is 302 g/mol. The molecule has 0 radical (unpaired) electrons. The molecular formula is C16H18N2O4. The highest BCUT2D eigenvalue weighted by Crippen LogP contribution is 2.28. The fourth-order valence-corrected chi connectivity index (χ4v) is 1.74. The van der Waals surface area contributed by atoms with Crippen LogP contribution in [0, 0.1) is 0 Å². The Balaban J connectivity index is 2.06. The molecule has 1 heterocycles. The Bertz CT molecular complexity index is 648. The van der Waals surface area contributed by atoms with Crippen molar-refractivity contribution in [2.24, 2.45) is 5.10 Å². The van der Waals surface area contributed by atoms with Crippen molar-refractivity contribution in [2.75, 3.05) is 7.11 Å². The zero-order chi connectivity index (χ0) is 15.9. The predicted octanol–water partition coefficient (Wildman–Crippen LogP) is 2.84. The molecule has 0 unspecified atom stereocenters. The van der Waals surface area contributed by atoms with Gasteiger partial charge in [0.15, 0.2) is 11.5 Å². The topological polar surface area (TPSA) is 73.1 Å². The van der Waals surface area contributed by atoms with Crippen molar-refractivity contribution in [1.29, 1.82) is 0 Å². The van der Waals surface area contributed by atoms with Gasteiger partial charge in [0.25, 0.3) is 5.91 Å². The first-order valence-corrected chi connectivity index (χ1v) is 6.81. The third-order valence-corrected chi connectivity index (χ3v) is 2.69. The average molecular weight is 302 g/mol. The van der Waals surface area contributed by atoms with Crippen LogP contribution in [0.15, 0.2) is 46.1 Å². The normalized spacial score (nSPS) is 10.9. The highest BCUT2D eigenvalue weighted by Gasteiger charge is 2.11. The Morgan fingerprint density at radius 2 is 2.14 bits per heavy atom. The molecule has 0 aliphatic rings. The van der Waals surface area contributed by atoms with Crippen LogP contribution in [-0.4, -0.2) is 25.3 Å². The Morgan fingerprint density at radius 3 is 2.77 bits per heavy atom. The summed E-state index contributed by atoms with van der Waals surface area (Å²) in [6.07, 6.45) is 2.97. The molecule has 1 aromatic carbocycles. The van der Waals surface area contributed by atoms with E-state index in [1.165, 1.54) is 19.6 Å². The zero-order valence-electron chi connectivity index (χ0n) is 12.7. The molecule has 6 nitrogen and oxygen atoms in total. The van der Waals surface area contributed by atoms with Crippen molar-refractivity contribution < 1.29 is 18.7 Å². The number of rotatable bonds is 6. The molecule has 0 saturated carbocycles. The van der Waals surface area contributed by atoms with E-state index in [-0.39, 0.29) is 12.0 Å². The van der Waals surface area contributed by atoms with Gasteiger partial charge in [-0.2, -0.15) is 5.10 Å². The number of hydrogen-bond donors (Lipinski definition) is 1. The van der Waals surface area contributed by atoms with E-state index in [1.54, 1.807) is 30.3 Å². The number of hydrogen-bond acceptors (Lipinski definition) is 5. The maximum absolute atomic E-state index is 12.0. The molecule has 0 fully saturated rings. The number of ether oxygens (including phenoxy) is 2. The van der Waals surface area contributed by atoms with Gasteiger partial charge >= 0.3 is 0 Å². The summed E-state index contributed by atoms with van der Waals surface area (Å²) < 4.78 is 15.9. The fourth-order valence-electron chi connectivity index (χ4n) is 1.74. The highest BCUT2D eigenvalue weighted by atomic mass is 16.5. The number of carbonyl (C=O) groups excluding carboxylic acids is 1. The molecule has 1 amide bonds. The van der Waals surface area contributed by atoms with Crippen LogP contribution in [0.5, 0.6) is 11.5 Å². The van der Waals surface area contributed by atoms with Crippen molar-refractivity contribution in [2.45, 2.75) is 20.0 Å². The largest absolute Gasteiger partial charge is 0.493 e. The van der Waals surface area contributed by atoms with Crippen molar-refractivity contribution in [3.05, 3.63) is 47.9 Å². The number of methoxy groups -OCH3 is 1. The number of hydrazone groups is 1. The van der Waals surface area contributed by atoms with Gasteiger partial charge in [-0.05, 0) is 44.2 Å².